The first kappa shape index (κ1) is 21.1. The van der Waals surface area contributed by atoms with E-state index in [1.165, 1.54) is 44.8 Å². The van der Waals surface area contributed by atoms with Crippen molar-refractivity contribution in [3.63, 3.8) is 0 Å². The predicted molar refractivity (Wildman–Crippen MR) is 136 cm³/mol. The second-order valence-electron chi connectivity index (χ2n) is 8.77. The summed E-state index contributed by atoms with van der Waals surface area (Å²) in [6, 6.07) is 28.0. The number of hydrogen-bond acceptors (Lipinski definition) is 3. The summed E-state index contributed by atoms with van der Waals surface area (Å²) in [6.45, 7) is 6.60. The van der Waals surface area contributed by atoms with Crippen LogP contribution < -0.4 is 14.4 Å². The zero-order chi connectivity index (χ0) is 23.1. The number of rotatable bonds is 4. The van der Waals surface area contributed by atoms with Gasteiger partial charge in [0.25, 0.3) is 0 Å². The van der Waals surface area contributed by atoms with Crippen LogP contribution in [0.25, 0.3) is 0 Å². The summed E-state index contributed by atoms with van der Waals surface area (Å²) in [4.78, 5) is 2.35. The van der Waals surface area contributed by atoms with Gasteiger partial charge in [0.2, 0.25) is 0 Å². The summed E-state index contributed by atoms with van der Waals surface area (Å²) in [5.41, 5.74) is 11.2. The van der Waals surface area contributed by atoms with Gasteiger partial charge < -0.3 is 14.4 Å². The molecule has 0 saturated heterocycles. The Morgan fingerprint density at radius 3 is 1.64 bits per heavy atom. The minimum atomic E-state index is 0.0702. The fraction of sp³-hybridized carbons (Fsp3) is 0.200. The lowest BCUT2D eigenvalue weighted by Crippen LogP contribution is -2.23. The highest BCUT2D eigenvalue weighted by Crippen LogP contribution is 2.53. The Kier molecular flexibility index (Phi) is 5.33. The Bertz CT molecular complexity index is 1250. The van der Waals surface area contributed by atoms with Crippen LogP contribution in [-0.4, -0.2) is 14.2 Å². The lowest BCUT2D eigenvalue weighted by atomic mass is 9.76. The number of fused-ring (bicyclic) bond motifs is 2. The van der Waals surface area contributed by atoms with Gasteiger partial charge in [-0.15, -0.1) is 0 Å². The van der Waals surface area contributed by atoms with Crippen molar-refractivity contribution in [3.8, 4) is 11.5 Å². The van der Waals surface area contributed by atoms with Crippen molar-refractivity contribution >= 4 is 17.1 Å². The van der Waals surface area contributed by atoms with E-state index in [9.17, 15) is 0 Å². The van der Waals surface area contributed by atoms with Gasteiger partial charge in [-0.25, -0.2) is 0 Å². The second-order valence-corrected chi connectivity index (χ2v) is 8.77. The molecule has 0 N–H and O–H groups in total. The van der Waals surface area contributed by atoms with E-state index in [2.05, 4.69) is 105 Å². The maximum absolute atomic E-state index is 5.67. The SMILES string of the molecule is COc1ccc2c(c1)C(c1c(C)cc(C)cc1C)c1cc(OC)ccc1N2c1ccccc1. The zero-order valence-corrected chi connectivity index (χ0v) is 19.8. The molecule has 0 atom stereocenters. The molecule has 5 rings (SSSR count). The van der Waals surface area contributed by atoms with Crippen molar-refractivity contribution in [3.05, 3.63) is 112 Å². The van der Waals surface area contributed by atoms with Gasteiger partial charge in [0.1, 0.15) is 11.5 Å². The normalized spacial score (nSPS) is 12.8. The first-order chi connectivity index (χ1) is 16.0. The van der Waals surface area contributed by atoms with E-state index in [0.29, 0.717) is 0 Å². The van der Waals surface area contributed by atoms with E-state index in [0.717, 1.165) is 17.2 Å². The average molecular weight is 436 g/mol. The van der Waals surface area contributed by atoms with E-state index in [1.807, 2.05) is 0 Å². The molecule has 1 heterocycles. The fourth-order valence-corrected chi connectivity index (χ4v) is 5.30. The van der Waals surface area contributed by atoms with E-state index in [4.69, 9.17) is 9.47 Å². The molecule has 4 aromatic rings. The van der Waals surface area contributed by atoms with Crippen LogP contribution in [0.5, 0.6) is 11.5 Å². The van der Waals surface area contributed by atoms with Crippen LogP contribution in [0.2, 0.25) is 0 Å². The third kappa shape index (κ3) is 3.54. The number of nitrogens with zero attached hydrogens (tertiary/aromatic N) is 1. The van der Waals surface area contributed by atoms with Gasteiger partial charge in [-0.3, -0.25) is 0 Å². The largest absolute Gasteiger partial charge is 0.497 e. The quantitative estimate of drug-likeness (QED) is 0.290. The molecule has 0 radical (unpaired) electrons. The number of hydrogen-bond donors (Lipinski definition) is 0. The number of para-hydroxylation sites is 1. The lowest BCUT2D eigenvalue weighted by Gasteiger charge is -2.39. The summed E-state index contributed by atoms with van der Waals surface area (Å²) in [7, 11) is 3.46. The Balaban J connectivity index is 1.87. The Morgan fingerprint density at radius 2 is 1.15 bits per heavy atom. The van der Waals surface area contributed by atoms with Crippen molar-refractivity contribution in [1.29, 1.82) is 0 Å². The van der Waals surface area contributed by atoms with Gasteiger partial charge in [0.15, 0.2) is 0 Å². The number of aryl methyl sites for hydroxylation is 3. The molecule has 0 bridgehead atoms. The Hall–Kier alpha value is -3.72. The van der Waals surface area contributed by atoms with Crippen LogP contribution in [0.1, 0.15) is 39.3 Å². The van der Waals surface area contributed by atoms with E-state index < -0.39 is 0 Å². The molecule has 3 heteroatoms. The number of methoxy groups -OCH3 is 2. The zero-order valence-electron chi connectivity index (χ0n) is 19.8. The molecule has 33 heavy (non-hydrogen) atoms. The number of anilines is 3. The van der Waals surface area contributed by atoms with Gasteiger partial charge in [-0.1, -0.05) is 35.9 Å². The first-order valence-electron chi connectivity index (χ1n) is 11.3. The summed E-state index contributed by atoms with van der Waals surface area (Å²) in [6.07, 6.45) is 0. The highest BCUT2D eigenvalue weighted by Gasteiger charge is 2.34. The Labute approximate surface area is 196 Å². The number of benzene rings is 4. The van der Waals surface area contributed by atoms with Crippen LogP contribution in [0.15, 0.2) is 78.9 Å². The van der Waals surface area contributed by atoms with Crippen LogP contribution in [0.3, 0.4) is 0 Å². The van der Waals surface area contributed by atoms with Crippen LogP contribution in [0, 0.1) is 20.8 Å². The smallest absolute Gasteiger partial charge is 0.119 e. The molecule has 0 spiro atoms. The molecule has 0 unspecified atom stereocenters. The van der Waals surface area contributed by atoms with Crippen LogP contribution in [0.4, 0.5) is 17.1 Å². The molecule has 3 nitrogen and oxygen atoms in total. The molecule has 0 fully saturated rings. The summed E-state index contributed by atoms with van der Waals surface area (Å²) in [5.74, 6) is 1.79. The highest BCUT2D eigenvalue weighted by molar-refractivity contribution is 5.87. The van der Waals surface area contributed by atoms with Crippen molar-refractivity contribution in [2.45, 2.75) is 26.7 Å². The minimum Gasteiger partial charge on any atom is -0.497 e. The third-order valence-corrected chi connectivity index (χ3v) is 6.61. The van der Waals surface area contributed by atoms with Crippen molar-refractivity contribution < 1.29 is 9.47 Å². The topological polar surface area (TPSA) is 21.7 Å². The average Bonchev–Trinajstić information content (AvgIpc) is 2.83. The molecule has 0 saturated carbocycles. The maximum atomic E-state index is 5.67. The maximum Gasteiger partial charge on any atom is 0.119 e. The van der Waals surface area contributed by atoms with Crippen LogP contribution in [-0.2, 0) is 0 Å². The van der Waals surface area contributed by atoms with Gasteiger partial charge in [0.05, 0.1) is 25.6 Å². The molecule has 1 aliphatic rings. The molecule has 0 aliphatic carbocycles. The van der Waals surface area contributed by atoms with Crippen LogP contribution >= 0.6 is 0 Å². The van der Waals surface area contributed by atoms with Gasteiger partial charge in [-0.2, -0.15) is 0 Å². The second kappa shape index (κ2) is 8.32. The monoisotopic (exact) mass is 435 g/mol. The van der Waals surface area contributed by atoms with Crippen molar-refractivity contribution in [2.24, 2.45) is 0 Å². The van der Waals surface area contributed by atoms with E-state index in [-0.39, 0.29) is 5.92 Å². The molecule has 4 aromatic carbocycles. The summed E-state index contributed by atoms with van der Waals surface area (Å²) in [5, 5.41) is 0. The highest BCUT2D eigenvalue weighted by atomic mass is 16.5. The fourth-order valence-electron chi connectivity index (χ4n) is 5.30. The standard InChI is InChI=1S/C30H29NO2/c1-19-15-20(2)29(21(3)16-19)30-25-17-23(32-4)11-13-27(25)31(22-9-7-6-8-10-22)28-14-12-24(33-5)18-26(28)30/h6-18,30H,1-5H3. The van der Waals surface area contributed by atoms with E-state index in [1.54, 1.807) is 14.2 Å². The third-order valence-electron chi connectivity index (χ3n) is 6.61. The first-order valence-corrected chi connectivity index (χ1v) is 11.3. The minimum absolute atomic E-state index is 0.0702. The Morgan fingerprint density at radius 1 is 0.636 bits per heavy atom. The van der Waals surface area contributed by atoms with Gasteiger partial charge >= 0.3 is 0 Å². The lowest BCUT2D eigenvalue weighted by molar-refractivity contribution is 0.413. The molecule has 166 valence electrons. The molecule has 0 aromatic heterocycles. The van der Waals surface area contributed by atoms with Crippen molar-refractivity contribution in [1.82, 2.24) is 0 Å². The molecular weight excluding hydrogens is 406 g/mol. The predicted octanol–water partition coefficient (Wildman–Crippen LogP) is 7.59. The molecule has 0 amide bonds. The molecular formula is C30H29NO2. The molecule has 1 aliphatic heterocycles. The summed E-state index contributed by atoms with van der Waals surface area (Å²) >= 11 is 0. The van der Waals surface area contributed by atoms with Gasteiger partial charge in [-0.05, 0) is 97.1 Å². The van der Waals surface area contributed by atoms with E-state index >= 15 is 0 Å². The van der Waals surface area contributed by atoms with Crippen molar-refractivity contribution in [2.75, 3.05) is 19.1 Å². The van der Waals surface area contributed by atoms with Gasteiger partial charge in [0, 0.05) is 11.6 Å². The summed E-state index contributed by atoms with van der Waals surface area (Å²) < 4.78 is 11.3. The number of ether oxygens (including phenoxy) is 2.